The van der Waals surface area contributed by atoms with Crippen LogP contribution in [0, 0.1) is 13.8 Å². The number of carbonyl (C=O) groups is 2. The SMILES string of the molecule is Cc1ccc(C)c(Oc2ccc(CNC(=O)[C@@H]3Cc4ccccc4C(=O)O3)cn2)c1. The lowest BCUT2D eigenvalue weighted by molar-refractivity contribution is -0.130. The highest BCUT2D eigenvalue weighted by Gasteiger charge is 2.30. The Labute approximate surface area is 174 Å². The van der Waals surface area contributed by atoms with Gasteiger partial charge in [0.1, 0.15) is 5.75 Å². The van der Waals surface area contributed by atoms with Crippen molar-refractivity contribution in [2.75, 3.05) is 0 Å². The van der Waals surface area contributed by atoms with E-state index in [2.05, 4.69) is 10.3 Å². The lowest BCUT2D eigenvalue weighted by Gasteiger charge is -2.23. The summed E-state index contributed by atoms with van der Waals surface area (Å²) in [5.41, 5.74) is 4.30. The molecule has 1 aliphatic heterocycles. The predicted octanol–water partition coefficient (Wildman–Crippen LogP) is 3.89. The molecule has 6 nitrogen and oxygen atoms in total. The first-order valence-electron chi connectivity index (χ1n) is 9.76. The van der Waals surface area contributed by atoms with E-state index in [-0.39, 0.29) is 12.5 Å². The molecule has 1 aromatic heterocycles. The summed E-state index contributed by atoms with van der Waals surface area (Å²) >= 11 is 0. The second kappa shape index (κ2) is 8.37. The number of rotatable bonds is 5. The van der Waals surface area contributed by atoms with Crippen LogP contribution in [0.4, 0.5) is 0 Å². The quantitative estimate of drug-likeness (QED) is 0.655. The number of nitrogens with one attached hydrogen (secondary N) is 1. The smallest absolute Gasteiger partial charge is 0.339 e. The largest absolute Gasteiger partial charge is 0.448 e. The fraction of sp³-hybridized carbons (Fsp3) is 0.208. The van der Waals surface area contributed by atoms with Gasteiger partial charge >= 0.3 is 5.97 Å². The van der Waals surface area contributed by atoms with E-state index in [9.17, 15) is 9.59 Å². The number of aromatic nitrogens is 1. The van der Waals surface area contributed by atoms with Crippen molar-refractivity contribution < 1.29 is 19.1 Å². The van der Waals surface area contributed by atoms with E-state index in [0.29, 0.717) is 17.9 Å². The molecule has 0 saturated heterocycles. The molecule has 3 aromatic rings. The number of pyridine rings is 1. The second-order valence-corrected chi connectivity index (χ2v) is 7.35. The Kier molecular flexibility index (Phi) is 5.48. The van der Waals surface area contributed by atoms with Gasteiger partial charge in [-0.25, -0.2) is 9.78 Å². The number of carbonyl (C=O) groups excluding carboxylic acids is 2. The molecule has 0 aliphatic carbocycles. The molecular weight excluding hydrogens is 380 g/mol. The van der Waals surface area contributed by atoms with E-state index in [1.54, 1.807) is 24.4 Å². The summed E-state index contributed by atoms with van der Waals surface area (Å²) in [5.74, 6) is 0.458. The molecule has 152 valence electrons. The van der Waals surface area contributed by atoms with Crippen molar-refractivity contribution in [1.82, 2.24) is 10.3 Å². The molecular formula is C24H22N2O4. The normalized spacial score (nSPS) is 15.1. The summed E-state index contributed by atoms with van der Waals surface area (Å²) in [5, 5.41) is 2.81. The third-order valence-electron chi connectivity index (χ3n) is 5.01. The van der Waals surface area contributed by atoms with E-state index in [4.69, 9.17) is 9.47 Å². The summed E-state index contributed by atoms with van der Waals surface area (Å²) in [6.45, 7) is 4.27. The zero-order valence-corrected chi connectivity index (χ0v) is 16.8. The maximum absolute atomic E-state index is 12.5. The molecule has 6 heteroatoms. The van der Waals surface area contributed by atoms with Gasteiger partial charge in [-0.1, -0.05) is 36.4 Å². The van der Waals surface area contributed by atoms with Gasteiger partial charge in [-0.3, -0.25) is 4.79 Å². The lowest BCUT2D eigenvalue weighted by atomic mass is 9.98. The van der Waals surface area contributed by atoms with Crippen LogP contribution < -0.4 is 10.1 Å². The van der Waals surface area contributed by atoms with Crippen molar-refractivity contribution in [2.45, 2.75) is 32.9 Å². The van der Waals surface area contributed by atoms with E-state index < -0.39 is 12.1 Å². The lowest BCUT2D eigenvalue weighted by Crippen LogP contribution is -2.41. The zero-order chi connectivity index (χ0) is 21.1. The first kappa shape index (κ1) is 19.6. The molecule has 0 unspecified atom stereocenters. The molecule has 0 spiro atoms. The monoisotopic (exact) mass is 402 g/mol. The maximum atomic E-state index is 12.5. The van der Waals surface area contributed by atoms with Gasteiger partial charge < -0.3 is 14.8 Å². The molecule has 0 bridgehead atoms. The molecule has 1 amide bonds. The van der Waals surface area contributed by atoms with E-state index >= 15 is 0 Å². The first-order valence-corrected chi connectivity index (χ1v) is 9.76. The zero-order valence-electron chi connectivity index (χ0n) is 16.8. The Morgan fingerprint density at radius 1 is 1.17 bits per heavy atom. The van der Waals surface area contributed by atoms with Gasteiger partial charge in [0.2, 0.25) is 5.88 Å². The minimum Gasteiger partial charge on any atom is -0.448 e. The van der Waals surface area contributed by atoms with Crippen LogP contribution in [0.1, 0.15) is 32.6 Å². The molecule has 4 rings (SSSR count). The number of hydrogen-bond acceptors (Lipinski definition) is 5. The molecule has 30 heavy (non-hydrogen) atoms. The van der Waals surface area contributed by atoms with Gasteiger partial charge in [0.05, 0.1) is 5.56 Å². The molecule has 0 fully saturated rings. The van der Waals surface area contributed by atoms with Gasteiger partial charge in [0.25, 0.3) is 5.91 Å². The minimum atomic E-state index is -0.827. The predicted molar refractivity (Wildman–Crippen MR) is 111 cm³/mol. The molecule has 1 aliphatic rings. The maximum Gasteiger partial charge on any atom is 0.339 e. The minimum absolute atomic E-state index is 0.283. The average Bonchev–Trinajstić information content (AvgIpc) is 2.75. The van der Waals surface area contributed by atoms with Crippen LogP contribution in [-0.4, -0.2) is 23.0 Å². The van der Waals surface area contributed by atoms with Crippen molar-refractivity contribution in [2.24, 2.45) is 0 Å². The Bertz CT molecular complexity index is 1090. The van der Waals surface area contributed by atoms with Gasteiger partial charge in [0.15, 0.2) is 6.10 Å². The van der Waals surface area contributed by atoms with Crippen LogP contribution in [0.3, 0.4) is 0 Å². The number of cyclic esters (lactones) is 1. The first-order chi connectivity index (χ1) is 14.5. The average molecular weight is 402 g/mol. The van der Waals surface area contributed by atoms with Crippen molar-refractivity contribution in [3.63, 3.8) is 0 Å². The Morgan fingerprint density at radius 3 is 2.80 bits per heavy atom. The van der Waals surface area contributed by atoms with Crippen molar-refractivity contribution in [3.8, 4) is 11.6 Å². The summed E-state index contributed by atoms with van der Waals surface area (Å²) < 4.78 is 11.1. The number of nitrogens with zero attached hydrogens (tertiary/aromatic N) is 1. The van der Waals surface area contributed by atoms with Crippen LogP contribution in [-0.2, 0) is 22.5 Å². The van der Waals surface area contributed by atoms with Crippen LogP contribution in [0.25, 0.3) is 0 Å². The van der Waals surface area contributed by atoms with Crippen LogP contribution in [0.5, 0.6) is 11.6 Å². The number of benzene rings is 2. The Hall–Kier alpha value is -3.67. The van der Waals surface area contributed by atoms with Gasteiger partial charge in [0, 0.05) is 25.2 Å². The fourth-order valence-corrected chi connectivity index (χ4v) is 3.29. The molecule has 2 aromatic carbocycles. The van der Waals surface area contributed by atoms with E-state index in [1.165, 1.54) is 0 Å². The third-order valence-corrected chi connectivity index (χ3v) is 5.01. The highest BCUT2D eigenvalue weighted by molar-refractivity contribution is 5.95. The standard InChI is InChI=1S/C24H22N2O4/c1-15-7-8-16(2)20(11-15)29-22-10-9-17(13-25-22)14-26-23(27)21-12-18-5-3-4-6-19(18)24(28)30-21/h3-11,13,21H,12,14H2,1-2H3,(H,26,27)/t21-/m0/s1. The van der Waals surface area contributed by atoms with E-state index in [0.717, 1.165) is 28.0 Å². The number of hydrogen-bond donors (Lipinski definition) is 1. The summed E-state index contributed by atoms with van der Waals surface area (Å²) in [4.78, 5) is 28.9. The number of amides is 1. The van der Waals surface area contributed by atoms with Crippen molar-refractivity contribution in [3.05, 3.63) is 88.6 Å². The van der Waals surface area contributed by atoms with Gasteiger partial charge in [-0.2, -0.15) is 0 Å². The number of ether oxygens (including phenoxy) is 2. The third kappa shape index (κ3) is 4.33. The summed E-state index contributed by atoms with van der Waals surface area (Å²) in [7, 11) is 0. The number of fused-ring (bicyclic) bond motifs is 1. The van der Waals surface area contributed by atoms with Crippen LogP contribution >= 0.6 is 0 Å². The van der Waals surface area contributed by atoms with E-state index in [1.807, 2.05) is 50.2 Å². The highest BCUT2D eigenvalue weighted by atomic mass is 16.5. The highest BCUT2D eigenvalue weighted by Crippen LogP contribution is 2.25. The Morgan fingerprint density at radius 2 is 2.00 bits per heavy atom. The Balaban J connectivity index is 1.35. The van der Waals surface area contributed by atoms with Crippen LogP contribution in [0.2, 0.25) is 0 Å². The molecule has 0 saturated carbocycles. The second-order valence-electron chi connectivity index (χ2n) is 7.35. The van der Waals surface area contributed by atoms with Crippen molar-refractivity contribution in [1.29, 1.82) is 0 Å². The topological polar surface area (TPSA) is 77.5 Å². The number of aryl methyl sites for hydroxylation is 2. The summed E-state index contributed by atoms with van der Waals surface area (Å²) in [6.07, 6.45) is 1.20. The molecule has 1 atom stereocenters. The molecule has 2 heterocycles. The number of esters is 1. The van der Waals surface area contributed by atoms with Gasteiger partial charge in [-0.05, 0) is 48.2 Å². The molecule has 1 N–H and O–H groups in total. The van der Waals surface area contributed by atoms with Crippen LogP contribution in [0.15, 0.2) is 60.8 Å². The molecule has 0 radical (unpaired) electrons. The fourth-order valence-electron chi connectivity index (χ4n) is 3.29. The van der Waals surface area contributed by atoms with Gasteiger partial charge in [-0.15, -0.1) is 0 Å². The summed E-state index contributed by atoms with van der Waals surface area (Å²) in [6, 6.07) is 16.8. The van der Waals surface area contributed by atoms with Crippen molar-refractivity contribution >= 4 is 11.9 Å².